The first-order valence-corrected chi connectivity index (χ1v) is 8.27. The summed E-state index contributed by atoms with van der Waals surface area (Å²) in [5.41, 5.74) is 0.840. The van der Waals surface area contributed by atoms with E-state index in [-0.39, 0.29) is 6.54 Å². The highest BCUT2D eigenvalue weighted by Gasteiger charge is 2.30. The van der Waals surface area contributed by atoms with E-state index in [0.29, 0.717) is 22.7 Å². The molecule has 2 aromatic rings. The van der Waals surface area contributed by atoms with E-state index in [1.54, 1.807) is 25.6 Å². The smallest absolute Gasteiger partial charge is 0.416 e. The van der Waals surface area contributed by atoms with Crippen LogP contribution in [0.15, 0.2) is 24.3 Å². The van der Waals surface area contributed by atoms with Crippen molar-refractivity contribution >= 4 is 11.9 Å². The average molecular weight is 399 g/mol. The molecular weight excluding hydrogens is 379 g/mol. The summed E-state index contributed by atoms with van der Waals surface area (Å²) >= 11 is 0. The summed E-state index contributed by atoms with van der Waals surface area (Å²) in [4.78, 5) is 24.5. The van der Waals surface area contributed by atoms with Gasteiger partial charge in [0.1, 0.15) is 12.2 Å². The van der Waals surface area contributed by atoms with Gasteiger partial charge in [0, 0.05) is 13.6 Å². The van der Waals surface area contributed by atoms with Gasteiger partial charge in [0.25, 0.3) is 5.91 Å². The molecule has 0 aliphatic rings. The zero-order valence-corrected chi connectivity index (χ0v) is 15.6. The first-order valence-electron chi connectivity index (χ1n) is 8.27. The van der Waals surface area contributed by atoms with Crippen molar-refractivity contribution in [3.63, 3.8) is 0 Å². The molecule has 1 aromatic carbocycles. The largest absolute Gasteiger partial charge is 0.480 e. The standard InChI is InChI=1S/C18H20F3N3O4/c1-11-17(12(2)23(3)22-11)28-10-15(25)24(9-16(26)27)8-13-4-6-14(7-5-13)18(19,20)21/h4-7H,8-10H2,1-3H3,(H,26,27). The van der Waals surface area contributed by atoms with Crippen LogP contribution in [-0.4, -0.2) is 44.8 Å². The first kappa shape index (κ1) is 21.3. The van der Waals surface area contributed by atoms with Crippen molar-refractivity contribution in [1.29, 1.82) is 0 Å². The summed E-state index contributed by atoms with van der Waals surface area (Å²) in [5, 5.41) is 13.2. The molecule has 152 valence electrons. The number of amides is 1. The SMILES string of the molecule is Cc1nn(C)c(C)c1OCC(=O)N(CC(=O)O)Cc1ccc(C(F)(F)F)cc1. The van der Waals surface area contributed by atoms with Crippen LogP contribution in [0.3, 0.4) is 0 Å². The van der Waals surface area contributed by atoms with Gasteiger partial charge in [-0.2, -0.15) is 18.3 Å². The van der Waals surface area contributed by atoms with E-state index in [1.807, 2.05) is 0 Å². The molecule has 0 atom stereocenters. The number of hydrogen-bond donors (Lipinski definition) is 1. The van der Waals surface area contributed by atoms with Crippen molar-refractivity contribution in [2.45, 2.75) is 26.6 Å². The molecule has 0 saturated heterocycles. The monoisotopic (exact) mass is 399 g/mol. The maximum Gasteiger partial charge on any atom is 0.416 e. The number of rotatable bonds is 7. The van der Waals surface area contributed by atoms with E-state index in [1.165, 1.54) is 12.1 Å². The van der Waals surface area contributed by atoms with E-state index >= 15 is 0 Å². The number of carboxylic acids is 1. The number of carbonyl (C=O) groups is 2. The van der Waals surface area contributed by atoms with Crippen molar-refractivity contribution in [1.82, 2.24) is 14.7 Å². The van der Waals surface area contributed by atoms with Crippen molar-refractivity contribution in [3.05, 3.63) is 46.8 Å². The molecule has 0 bridgehead atoms. The minimum atomic E-state index is -4.47. The lowest BCUT2D eigenvalue weighted by Crippen LogP contribution is -2.38. The lowest BCUT2D eigenvalue weighted by atomic mass is 10.1. The number of nitrogens with zero attached hydrogens (tertiary/aromatic N) is 3. The van der Waals surface area contributed by atoms with Crippen LogP contribution >= 0.6 is 0 Å². The number of halogens is 3. The Labute approximate surface area is 159 Å². The Bertz CT molecular complexity index is 860. The van der Waals surface area contributed by atoms with Crippen LogP contribution in [-0.2, 0) is 29.4 Å². The Hall–Kier alpha value is -3.04. The molecule has 10 heteroatoms. The second kappa shape index (κ2) is 8.32. The molecule has 7 nitrogen and oxygen atoms in total. The van der Waals surface area contributed by atoms with Crippen LogP contribution in [0.25, 0.3) is 0 Å². The topological polar surface area (TPSA) is 84.7 Å². The Kier molecular flexibility index (Phi) is 6.32. The first-order chi connectivity index (χ1) is 13.0. The van der Waals surface area contributed by atoms with Crippen molar-refractivity contribution in [3.8, 4) is 5.75 Å². The summed E-state index contributed by atoms with van der Waals surface area (Å²) in [7, 11) is 1.72. The molecule has 0 saturated carbocycles. The lowest BCUT2D eigenvalue weighted by Gasteiger charge is -2.21. The summed E-state index contributed by atoms with van der Waals surface area (Å²) in [6.07, 6.45) is -4.47. The number of carbonyl (C=O) groups excluding carboxylic acids is 1. The summed E-state index contributed by atoms with van der Waals surface area (Å²) in [6.45, 7) is 2.30. The van der Waals surface area contributed by atoms with Crippen molar-refractivity contribution in [2.75, 3.05) is 13.2 Å². The Morgan fingerprint density at radius 2 is 1.82 bits per heavy atom. The number of hydrogen-bond acceptors (Lipinski definition) is 4. The van der Waals surface area contributed by atoms with Crippen LogP contribution in [0.5, 0.6) is 5.75 Å². The molecular formula is C18H20F3N3O4. The molecule has 28 heavy (non-hydrogen) atoms. The van der Waals surface area contributed by atoms with Crippen molar-refractivity contribution in [2.24, 2.45) is 7.05 Å². The summed E-state index contributed by atoms with van der Waals surface area (Å²) in [6, 6.07) is 4.19. The molecule has 1 heterocycles. The zero-order chi connectivity index (χ0) is 21.1. The van der Waals surface area contributed by atoms with Gasteiger partial charge in [-0.1, -0.05) is 12.1 Å². The summed E-state index contributed by atoms with van der Waals surface area (Å²) < 4.78 is 45.0. The van der Waals surface area contributed by atoms with E-state index in [4.69, 9.17) is 9.84 Å². The van der Waals surface area contributed by atoms with E-state index in [2.05, 4.69) is 5.10 Å². The molecule has 0 unspecified atom stereocenters. The third-order valence-corrected chi connectivity index (χ3v) is 4.12. The minimum absolute atomic E-state index is 0.155. The van der Waals surface area contributed by atoms with E-state index in [0.717, 1.165) is 17.0 Å². The Balaban J connectivity index is 2.09. The third-order valence-electron chi connectivity index (χ3n) is 4.12. The quantitative estimate of drug-likeness (QED) is 0.774. The average Bonchev–Trinajstić information content (AvgIpc) is 2.83. The third kappa shape index (κ3) is 5.24. The molecule has 0 aliphatic heterocycles. The number of ether oxygens (including phenoxy) is 1. The predicted molar refractivity (Wildman–Crippen MR) is 92.7 cm³/mol. The Morgan fingerprint density at radius 1 is 1.21 bits per heavy atom. The molecule has 0 radical (unpaired) electrons. The summed E-state index contributed by atoms with van der Waals surface area (Å²) in [5.74, 6) is -1.42. The second-order valence-corrected chi connectivity index (χ2v) is 6.25. The van der Waals surface area contributed by atoms with E-state index < -0.39 is 36.8 Å². The normalized spacial score (nSPS) is 11.4. The molecule has 1 aromatic heterocycles. The van der Waals surface area contributed by atoms with Gasteiger partial charge in [-0.3, -0.25) is 14.3 Å². The number of alkyl halides is 3. The molecule has 0 aliphatic carbocycles. The molecule has 1 amide bonds. The van der Waals surface area contributed by atoms with Crippen LogP contribution in [0.1, 0.15) is 22.5 Å². The zero-order valence-electron chi connectivity index (χ0n) is 15.6. The van der Waals surface area contributed by atoms with Gasteiger partial charge in [-0.15, -0.1) is 0 Å². The van der Waals surface area contributed by atoms with Gasteiger partial charge >= 0.3 is 12.1 Å². The number of aliphatic carboxylic acids is 1. The number of benzene rings is 1. The van der Waals surface area contributed by atoms with Crippen molar-refractivity contribution < 1.29 is 32.6 Å². The number of aryl methyl sites for hydroxylation is 2. The lowest BCUT2D eigenvalue weighted by molar-refractivity contribution is -0.145. The number of aromatic nitrogens is 2. The highest BCUT2D eigenvalue weighted by Crippen LogP contribution is 2.29. The highest BCUT2D eigenvalue weighted by atomic mass is 19.4. The van der Waals surface area contributed by atoms with Crippen LogP contribution in [0.2, 0.25) is 0 Å². The second-order valence-electron chi connectivity index (χ2n) is 6.25. The fraction of sp³-hybridized carbons (Fsp3) is 0.389. The van der Waals surface area contributed by atoms with Crippen LogP contribution in [0.4, 0.5) is 13.2 Å². The fourth-order valence-corrected chi connectivity index (χ4v) is 2.60. The molecule has 0 fully saturated rings. The van der Waals surface area contributed by atoms with Gasteiger partial charge in [0.05, 0.1) is 11.3 Å². The van der Waals surface area contributed by atoms with Gasteiger partial charge in [-0.25, -0.2) is 0 Å². The van der Waals surface area contributed by atoms with Gasteiger partial charge in [0.15, 0.2) is 12.4 Å². The predicted octanol–water partition coefficient (Wildman–Crippen LogP) is 2.55. The molecule has 1 N–H and O–H groups in total. The Morgan fingerprint density at radius 3 is 2.29 bits per heavy atom. The molecule has 0 spiro atoms. The maximum atomic E-state index is 12.6. The van der Waals surface area contributed by atoms with Gasteiger partial charge in [0.2, 0.25) is 0 Å². The van der Waals surface area contributed by atoms with Crippen LogP contribution < -0.4 is 4.74 Å². The maximum absolute atomic E-state index is 12.6. The molecule has 2 rings (SSSR count). The van der Waals surface area contributed by atoms with E-state index in [9.17, 15) is 22.8 Å². The van der Waals surface area contributed by atoms with Gasteiger partial charge < -0.3 is 14.7 Å². The minimum Gasteiger partial charge on any atom is -0.480 e. The fourth-order valence-electron chi connectivity index (χ4n) is 2.60. The highest BCUT2D eigenvalue weighted by molar-refractivity contribution is 5.82. The van der Waals surface area contributed by atoms with Gasteiger partial charge in [-0.05, 0) is 31.5 Å². The van der Waals surface area contributed by atoms with Crippen LogP contribution in [0, 0.1) is 13.8 Å². The number of carboxylic acid groups (broad SMARTS) is 1.